The van der Waals surface area contributed by atoms with Crippen LogP contribution in [-0.4, -0.2) is 12.0 Å². The average Bonchev–Trinajstić information content (AvgIpc) is 3.01. The highest BCUT2D eigenvalue weighted by atomic mass is 32.1. The smallest absolute Gasteiger partial charge is 0.338 e. The van der Waals surface area contributed by atoms with E-state index in [1.165, 1.54) is 11.3 Å². The molecule has 0 unspecified atom stereocenters. The SMILES string of the molecule is CN(c1ccccc1)c1cc(-c2ccccc2)sc1[N+](=O)[O-]. The number of nitro groups is 1. The minimum absolute atomic E-state index is 0.158. The number of para-hydroxylation sites is 1. The molecule has 1 heterocycles. The van der Waals surface area contributed by atoms with Crippen molar-refractivity contribution in [1.82, 2.24) is 0 Å². The molecule has 3 rings (SSSR count). The standard InChI is InChI=1S/C17H14N2O2S/c1-18(14-10-6-3-7-11-14)15-12-16(22-17(15)19(20)21)13-8-4-2-5-9-13/h2-12H,1H3. The fourth-order valence-corrected chi connectivity index (χ4v) is 3.29. The molecular formula is C17H14N2O2S. The Hall–Kier alpha value is -2.66. The van der Waals surface area contributed by atoms with Gasteiger partial charge in [0.15, 0.2) is 0 Å². The molecule has 0 N–H and O–H groups in total. The molecule has 0 amide bonds. The molecule has 0 aliphatic rings. The third-order valence-corrected chi connectivity index (χ3v) is 4.55. The first kappa shape index (κ1) is 14.3. The Balaban J connectivity index is 2.07. The molecule has 22 heavy (non-hydrogen) atoms. The molecule has 0 bridgehead atoms. The molecule has 0 atom stereocenters. The van der Waals surface area contributed by atoms with E-state index in [9.17, 15) is 10.1 Å². The Morgan fingerprint density at radius 1 is 1.00 bits per heavy atom. The molecule has 0 aliphatic heterocycles. The van der Waals surface area contributed by atoms with Crippen molar-refractivity contribution in [3.8, 4) is 10.4 Å². The maximum Gasteiger partial charge on any atom is 0.348 e. The van der Waals surface area contributed by atoms with Gasteiger partial charge in [-0.15, -0.1) is 0 Å². The van der Waals surface area contributed by atoms with Crippen molar-refractivity contribution < 1.29 is 4.92 Å². The topological polar surface area (TPSA) is 46.4 Å². The van der Waals surface area contributed by atoms with Gasteiger partial charge < -0.3 is 4.90 Å². The monoisotopic (exact) mass is 310 g/mol. The van der Waals surface area contributed by atoms with Gasteiger partial charge in [-0.2, -0.15) is 0 Å². The Bertz CT molecular complexity index is 785. The van der Waals surface area contributed by atoms with Crippen LogP contribution in [0.4, 0.5) is 16.4 Å². The van der Waals surface area contributed by atoms with Crippen molar-refractivity contribution in [2.75, 3.05) is 11.9 Å². The summed E-state index contributed by atoms with van der Waals surface area (Å²) in [6.07, 6.45) is 0. The summed E-state index contributed by atoms with van der Waals surface area (Å²) < 4.78 is 0. The number of rotatable bonds is 4. The third-order valence-electron chi connectivity index (χ3n) is 3.42. The summed E-state index contributed by atoms with van der Waals surface area (Å²) >= 11 is 1.20. The second-order valence-electron chi connectivity index (χ2n) is 4.82. The van der Waals surface area contributed by atoms with Crippen molar-refractivity contribution in [3.05, 3.63) is 76.8 Å². The van der Waals surface area contributed by atoms with Crippen molar-refractivity contribution in [3.63, 3.8) is 0 Å². The average molecular weight is 310 g/mol. The lowest BCUT2D eigenvalue weighted by Crippen LogP contribution is -2.09. The van der Waals surface area contributed by atoms with Crippen LogP contribution in [0, 0.1) is 10.1 Å². The van der Waals surface area contributed by atoms with Crippen LogP contribution in [0.1, 0.15) is 0 Å². The van der Waals surface area contributed by atoms with Gasteiger partial charge in [0.2, 0.25) is 0 Å². The fraction of sp³-hybridized carbons (Fsp3) is 0.0588. The molecule has 110 valence electrons. The summed E-state index contributed by atoms with van der Waals surface area (Å²) in [7, 11) is 1.85. The van der Waals surface area contributed by atoms with Gasteiger partial charge in [-0.3, -0.25) is 10.1 Å². The van der Waals surface area contributed by atoms with Crippen LogP contribution in [-0.2, 0) is 0 Å². The lowest BCUT2D eigenvalue weighted by Gasteiger charge is -2.16. The second-order valence-corrected chi connectivity index (χ2v) is 5.85. The van der Waals surface area contributed by atoms with E-state index >= 15 is 0 Å². The molecular weight excluding hydrogens is 296 g/mol. The van der Waals surface area contributed by atoms with E-state index < -0.39 is 0 Å². The van der Waals surface area contributed by atoms with Gasteiger partial charge >= 0.3 is 5.00 Å². The molecule has 1 aromatic heterocycles. The zero-order valence-electron chi connectivity index (χ0n) is 12.0. The number of anilines is 2. The van der Waals surface area contributed by atoms with Crippen molar-refractivity contribution in [1.29, 1.82) is 0 Å². The van der Waals surface area contributed by atoms with Gasteiger partial charge in [-0.05, 0) is 23.8 Å². The van der Waals surface area contributed by atoms with Gasteiger partial charge in [0.1, 0.15) is 5.69 Å². The van der Waals surface area contributed by atoms with Gasteiger partial charge in [-0.25, -0.2) is 0 Å². The molecule has 0 radical (unpaired) electrons. The first-order valence-corrected chi connectivity index (χ1v) is 7.61. The number of hydrogen-bond acceptors (Lipinski definition) is 4. The maximum absolute atomic E-state index is 11.4. The summed E-state index contributed by atoms with van der Waals surface area (Å²) in [6.45, 7) is 0. The van der Waals surface area contributed by atoms with E-state index in [4.69, 9.17) is 0 Å². The van der Waals surface area contributed by atoms with Crippen molar-refractivity contribution >= 4 is 27.7 Å². The molecule has 4 nitrogen and oxygen atoms in total. The summed E-state index contributed by atoms with van der Waals surface area (Å²) in [5, 5.41) is 11.5. The minimum atomic E-state index is -0.314. The zero-order chi connectivity index (χ0) is 15.5. The molecule has 0 saturated heterocycles. The first-order chi connectivity index (χ1) is 10.7. The predicted molar refractivity (Wildman–Crippen MR) is 90.9 cm³/mol. The number of benzene rings is 2. The van der Waals surface area contributed by atoms with Crippen LogP contribution in [0.2, 0.25) is 0 Å². The number of thiophene rings is 1. The van der Waals surface area contributed by atoms with Crippen LogP contribution in [0.15, 0.2) is 66.7 Å². The largest absolute Gasteiger partial charge is 0.348 e. The van der Waals surface area contributed by atoms with Gasteiger partial charge in [0.05, 0.1) is 4.92 Å². The molecule has 0 fully saturated rings. The maximum atomic E-state index is 11.4. The van der Waals surface area contributed by atoms with Gasteiger partial charge in [0.25, 0.3) is 0 Å². The van der Waals surface area contributed by atoms with E-state index in [1.54, 1.807) is 0 Å². The van der Waals surface area contributed by atoms with Crippen LogP contribution < -0.4 is 4.90 Å². The highest BCUT2D eigenvalue weighted by Gasteiger charge is 2.23. The Kier molecular flexibility index (Phi) is 3.89. The lowest BCUT2D eigenvalue weighted by atomic mass is 10.2. The molecule has 0 saturated carbocycles. The quantitative estimate of drug-likeness (QED) is 0.498. The summed E-state index contributed by atoms with van der Waals surface area (Å²) in [5.41, 5.74) is 2.52. The van der Waals surface area contributed by atoms with Gasteiger partial charge in [0, 0.05) is 17.6 Å². The highest BCUT2D eigenvalue weighted by molar-refractivity contribution is 7.19. The van der Waals surface area contributed by atoms with E-state index in [-0.39, 0.29) is 9.92 Å². The molecule has 5 heteroatoms. The van der Waals surface area contributed by atoms with Gasteiger partial charge in [-0.1, -0.05) is 59.9 Å². The Morgan fingerprint density at radius 2 is 1.59 bits per heavy atom. The predicted octanol–water partition coefficient (Wildman–Crippen LogP) is 5.09. The molecule has 2 aromatic carbocycles. The summed E-state index contributed by atoms with van der Waals surface area (Å²) in [4.78, 5) is 13.8. The Labute approximate surface area is 132 Å². The minimum Gasteiger partial charge on any atom is -0.338 e. The van der Waals surface area contributed by atoms with Crippen LogP contribution in [0.25, 0.3) is 10.4 Å². The van der Waals surface area contributed by atoms with E-state index in [0.717, 1.165) is 16.1 Å². The van der Waals surface area contributed by atoms with E-state index in [0.29, 0.717) is 5.69 Å². The van der Waals surface area contributed by atoms with E-state index in [1.807, 2.05) is 78.7 Å². The van der Waals surface area contributed by atoms with Crippen molar-refractivity contribution in [2.45, 2.75) is 0 Å². The molecule has 0 aliphatic carbocycles. The van der Waals surface area contributed by atoms with Crippen molar-refractivity contribution in [2.24, 2.45) is 0 Å². The van der Waals surface area contributed by atoms with Crippen LogP contribution in [0.3, 0.4) is 0 Å². The summed E-state index contributed by atoms with van der Waals surface area (Å²) in [5.74, 6) is 0. The third kappa shape index (κ3) is 2.71. The Morgan fingerprint density at radius 3 is 2.18 bits per heavy atom. The molecule has 3 aromatic rings. The second kappa shape index (κ2) is 5.99. The first-order valence-electron chi connectivity index (χ1n) is 6.79. The molecule has 0 spiro atoms. The van der Waals surface area contributed by atoms with E-state index in [2.05, 4.69) is 0 Å². The fourth-order valence-electron chi connectivity index (χ4n) is 2.28. The van der Waals surface area contributed by atoms with Crippen LogP contribution in [0.5, 0.6) is 0 Å². The summed E-state index contributed by atoms with van der Waals surface area (Å²) in [6, 6.07) is 21.2. The highest BCUT2D eigenvalue weighted by Crippen LogP contribution is 2.43. The number of nitrogens with zero attached hydrogens (tertiary/aromatic N) is 2. The normalized spacial score (nSPS) is 10.4. The zero-order valence-corrected chi connectivity index (χ0v) is 12.8. The lowest BCUT2D eigenvalue weighted by molar-refractivity contribution is -0.379. The van der Waals surface area contributed by atoms with Crippen LogP contribution >= 0.6 is 11.3 Å². The number of hydrogen-bond donors (Lipinski definition) is 0.